The van der Waals surface area contributed by atoms with E-state index in [9.17, 15) is 5.11 Å². The Morgan fingerprint density at radius 1 is 1.05 bits per heavy atom. The summed E-state index contributed by atoms with van der Waals surface area (Å²) < 4.78 is 7.84. The maximum atomic E-state index is 9.57. The van der Waals surface area contributed by atoms with Gasteiger partial charge in [-0.25, -0.2) is 0 Å². The van der Waals surface area contributed by atoms with Crippen molar-refractivity contribution in [2.45, 2.75) is 26.9 Å². The standard InChI is InChI=1S/C16H16Br2O2/c1-9-6-13(7-10(2)16(9)18)20-15-5-4-12(11(3)19)8-14(15)17/h4-8,11,19H,1-3H3/t11-/m0/s1. The molecular formula is C16H16Br2O2. The van der Waals surface area contributed by atoms with Crippen molar-refractivity contribution in [1.82, 2.24) is 0 Å². The van der Waals surface area contributed by atoms with Crippen LogP contribution in [0.4, 0.5) is 0 Å². The Balaban J connectivity index is 2.31. The summed E-state index contributed by atoms with van der Waals surface area (Å²) >= 11 is 7.03. The number of benzene rings is 2. The lowest BCUT2D eigenvalue weighted by Gasteiger charge is -2.12. The number of hydrogen-bond donors (Lipinski definition) is 1. The average molecular weight is 400 g/mol. The highest BCUT2D eigenvalue weighted by Gasteiger charge is 2.09. The summed E-state index contributed by atoms with van der Waals surface area (Å²) in [5.74, 6) is 1.53. The average Bonchev–Trinajstić information content (AvgIpc) is 2.38. The number of ether oxygens (including phenoxy) is 1. The summed E-state index contributed by atoms with van der Waals surface area (Å²) in [4.78, 5) is 0. The van der Waals surface area contributed by atoms with Crippen LogP contribution in [0, 0.1) is 13.8 Å². The summed E-state index contributed by atoms with van der Waals surface area (Å²) in [5, 5.41) is 9.57. The molecular weight excluding hydrogens is 384 g/mol. The third-order valence-electron chi connectivity index (χ3n) is 3.08. The summed E-state index contributed by atoms with van der Waals surface area (Å²) in [6.45, 7) is 5.81. The number of rotatable bonds is 3. The predicted molar refractivity (Wildman–Crippen MR) is 88.5 cm³/mol. The van der Waals surface area contributed by atoms with Crippen molar-refractivity contribution in [3.63, 3.8) is 0 Å². The lowest BCUT2D eigenvalue weighted by atomic mass is 10.1. The Labute approximate surface area is 136 Å². The maximum Gasteiger partial charge on any atom is 0.141 e. The summed E-state index contributed by atoms with van der Waals surface area (Å²) in [6.07, 6.45) is -0.488. The van der Waals surface area contributed by atoms with Crippen LogP contribution in [0.15, 0.2) is 39.3 Å². The molecule has 0 aliphatic carbocycles. The van der Waals surface area contributed by atoms with Crippen LogP contribution in [0.25, 0.3) is 0 Å². The van der Waals surface area contributed by atoms with E-state index in [4.69, 9.17) is 4.74 Å². The topological polar surface area (TPSA) is 29.5 Å². The van der Waals surface area contributed by atoms with Crippen LogP contribution in [0.2, 0.25) is 0 Å². The highest BCUT2D eigenvalue weighted by molar-refractivity contribution is 9.10. The quantitative estimate of drug-likeness (QED) is 0.719. The number of aliphatic hydroxyl groups excluding tert-OH is 1. The number of aliphatic hydroxyl groups is 1. The molecule has 0 aliphatic rings. The molecule has 0 bridgehead atoms. The van der Waals surface area contributed by atoms with E-state index in [0.717, 1.165) is 37.1 Å². The normalized spacial score (nSPS) is 12.3. The van der Waals surface area contributed by atoms with Crippen molar-refractivity contribution in [2.75, 3.05) is 0 Å². The van der Waals surface area contributed by atoms with Gasteiger partial charge in [0.15, 0.2) is 0 Å². The first-order valence-corrected chi connectivity index (χ1v) is 7.89. The van der Waals surface area contributed by atoms with Gasteiger partial charge in [-0.15, -0.1) is 0 Å². The molecule has 4 heteroatoms. The van der Waals surface area contributed by atoms with E-state index in [1.165, 1.54) is 0 Å². The van der Waals surface area contributed by atoms with Crippen LogP contribution >= 0.6 is 31.9 Å². The highest BCUT2D eigenvalue weighted by atomic mass is 79.9. The first-order valence-electron chi connectivity index (χ1n) is 6.30. The van der Waals surface area contributed by atoms with Crippen molar-refractivity contribution in [3.8, 4) is 11.5 Å². The Morgan fingerprint density at radius 2 is 1.65 bits per heavy atom. The SMILES string of the molecule is Cc1cc(Oc2ccc([C@H](C)O)cc2Br)cc(C)c1Br. The fourth-order valence-electron chi connectivity index (χ4n) is 1.95. The molecule has 0 spiro atoms. The Kier molecular flexibility index (Phi) is 4.89. The Morgan fingerprint density at radius 3 is 2.15 bits per heavy atom. The fourth-order valence-corrected chi connectivity index (χ4v) is 2.66. The zero-order valence-corrected chi connectivity index (χ0v) is 14.7. The van der Waals surface area contributed by atoms with E-state index in [1.54, 1.807) is 6.92 Å². The second kappa shape index (κ2) is 6.29. The van der Waals surface area contributed by atoms with Crippen molar-refractivity contribution in [1.29, 1.82) is 0 Å². The lowest BCUT2D eigenvalue weighted by Crippen LogP contribution is -1.93. The van der Waals surface area contributed by atoms with E-state index in [1.807, 2.05) is 44.2 Å². The minimum atomic E-state index is -0.488. The van der Waals surface area contributed by atoms with Crippen LogP contribution < -0.4 is 4.74 Å². The molecule has 2 rings (SSSR count). The van der Waals surface area contributed by atoms with Gasteiger partial charge < -0.3 is 9.84 Å². The van der Waals surface area contributed by atoms with Crippen LogP contribution in [-0.4, -0.2) is 5.11 Å². The monoisotopic (exact) mass is 398 g/mol. The van der Waals surface area contributed by atoms with Gasteiger partial charge in [-0.1, -0.05) is 22.0 Å². The molecule has 1 N–H and O–H groups in total. The van der Waals surface area contributed by atoms with Gasteiger partial charge in [0.1, 0.15) is 11.5 Å². The molecule has 2 nitrogen and oxygen atoms in total. The molecule has 0 heterocycles. The number of aryl methyl sites for hydroxylation is 2. The molecule has 106 valence electrons. The van der Waals surface area contributed by atoms with E-state index >= 15 is 0 Å². The molecule has 2 aromatic carbocycles. The summed E-state index contributed by atoms with van der Waals surface area (Å²) in [6, 6.07) is 9.58. The summed E-state index contributed by atoms with van der Waals surface area (Å²) in [7, 11) is 0. The first-order chi connectivity index (χ1) is 9.38. The zero-order valence-electron chi connectivity index (χ0n) is 11.6. The van der Waals surface area contributed by atoms with Gasteiger partial charge in [0, 0.05) is 4.47 Å². The maximum absolute atomic E-state index is 9.57. The molecule has 0 unspecified atom stereocenters. The second-order valence-electron chi connectivity index (χ2n) is 4.84. The minimum absolute atomic E-state index is 0.488. The van der Waals surface area contributed by atoms with Gasteiger partial charge in [0.05, 0.1) is 10.6 Å². The molecule has 1 atom stereocenters. The van der Waals surface area contributed by atoms with Crippen molar-refractivity contribution in [2.24, 2.45) is 0 Å². The molecule has 0 aliphatic heterocycles. The Bertz CT molecular complexity index is 613. The van der Waals surface area contributed by atoms with E-state index in [0.29, 0.717) is 0 Å². The molecule has 0 radical (unpaired) electrons. The second-order valence-corrected chi connectivity index (χ2v) is 6.49. The molecule has 0 saturated carbocycles. The van der Waals surface area contributed by atoms with Crippen molar-refractivity contribution in [3.05, 3.63) is 56.0 Å². The number of hydrogen-bond acceptors (Lipinski definition) is 2. The molecule has 20 heavy (non-hydrogen) atoms. The minimum Gasteiger partial charge on any atom is -0.456 e. The smallest absolute Gasteiger partial charge is 0.141 e. The molecule has 0 saturated heterocycles. The van der Waals surface area contributed by atoms with E-state index in [-0.39, 0.29) is 0 Å². The van der Waals surface area contributed by atoms with Crippen LogP contribution in [0.1, 0.15) is 29.7 Å². The van der Waals surface area contributed by atoms with Crippen molar-refractivity contribution >= 4 is 31.9 Å². The Hall–Kier alpha value is -0.840. The van der Waals surface area contributed by atoms with Gasteiger partial charge in [-0.2, -0.15) is 0 Å². The third-order valence-corrected chi connectivity index (χ3v) is 4.95. The molecule has 0 amide bonds. The van der Waals surface area contributed by atoms with E-state index < -0.39 is 6.10 Å². The van der Waals surface area contributed by atoms with Crippen LogP contribution in [-0.2, 0) is 0 Å². The van der Waals surface area contributed by atoms with Gasteiger partial charge >= 0.3 is 0 Å². The first kappa shape index (κ1) is 15.5. The molecule has 2 aromatic rings. The highest BCUT2D eigenvalue weighted by Crippen LogP contribution is 2.34. The van der Waals surface area contributed by atoms with E-state index in [2.05, 4.69) is 31.9 Å². The fraction of sp³-hybridized carbons (Fsp3) is 0.250. The summed E-state index contributed by atoms with van der Waals surface area (Å²) in [5.41, 5.74) is 3.13. The predicted octanol–water partition coefficient (Wildman–Crippen LogP) is 5.67. The van der Waals surface area contributed by atoms with Gasteiger partial charge in [-0.3, -0.25) is 0 Å². The van der Waals surface area contributed by atoms with Gasteiger partial charge in [0.25, 0.3) is 0 Å². The molecule has 0 fully saturated rings. The largest absolute Gasteiger partial charge is 0.456 e. The van der Waals surface area contributed by atoms with Gasteiger partial charge in [-0.05, 0) is 77.7 Å². The van der Waals surface area contributed by atoms with Crippen LogP contribution in [0.5, 0.6) is 11.5 Å². The van der Waals surface area contributed by atoms with Crippen molar-refractivity contribution < 1.29 is 9.84 Å². The third kappa shape index (κ3) is 3.43. The lowest BCUT2D eigenvalue weighted by molar-refractivity contribution is 0.199. The van der Waals surface area contributed by atoms with Crippen LogP contribution in [0.3, 0.4) is 0 Å². The molecule has 0 aromatic heterocycles. The zero-order chi connectivity index (χ0) is 14.9. The number of halogens is 2. The van der Waals surface area contributed by atoms with Gasteiger partial charge in [0.2, 0.25) is 0 Å².